The van der Waals surface area contributed by atoms with Gasteiger partial charge in [-0.1, -0.05) is 29.8 Å². The molecule has 2 heterocycles. The second-order valence-electron chi connectivity index (χ2n) is 5.78. The molecule has 27 heavy (non-hydrogen) atoms. The van der Waals surface area contributed by atoms with Crippen LogP contribution in [0.25, 0.3) is 17.4 Å². The zero-order valence-electron chi connectivity index (χ0n) is 14.3. The SMILES string of the molecule is COc1cccc(C2=N/C(=C/c3ccc(-c4cccc(Cl)c4)o3)C(=O)O2)c1. The highest BCUT2D eigenvalue weighted by atomic mass is 35.5. The Morgan fingerprint density at radius 1 is 1.04 bits per heavy atom. The Labute approximate surface area is 160 Å². The Morgan fingerprint density at radius 2 is 1.85 bits per heavy atom. The van der Waals surface area contributed by atoms with E-state index in [2.05, 4.69) is 4.99 Å². The van der Waals surface area contributed by atoms with Crippen LogP contribution in [0.3, 0.4) is 0 Å². The first-order valence-electron chi connectivity index (χ1n) is 8.15. The van der Waals surface area contributed by atoms with E-state index < -0.39 is 5.97 Å². The summed E-state index contributed by atoms with van der Waals surface area (Å²) in [7, 11) is 1.57. The molecule has 1 aliphatic rings. The highest BCUT2D eigenvalue weighted by molar-refractivity contribution is 6.30. The molecule has 6 heteroatoms. The number of esters is 1. The minimum absolute atomic E-state index is 0.166. The maximum absolute atomic E-state index is 12.1. The number of carbonyl (C=O) groups excluding carboxylic acids is 1. The van der Waals surface area contributed by atoms with Crippen LogP contribution in [-0.4, -0.2) is 19.0 Å². The number of ether oxygens (including phenoxy) is 2. The number of furan rings is 1. The van der Waals surface area contributed by atoms with E-state index in [0.717, 1.165) is 5.56 Å². The first-order chi connectivity index (χ1) is 13.1. The Hall–Kier alpha value is -3.31. The number of carbonyl (C=O) groups is 1. The van der Waals surface area contributed by atoms with E-state index in [1.54, 1.807) is 55.7 Å². The van der Waals surface area contributed by atoms with Crippen LogP contribution in [0.1, 0.15) is 11.3 Å². The summed E-state index contributed by atoms with van der Waals surface area (Å²) in [5.74, 6) is 1.49. The summed E-state index contributed by atoms with van der Waals surface area (Å²) < 4.78 is 16.2. The number of nitrogens with zero attached hydrogens (tertiary/aromatic N) is 1. The van der Waals surface area contributed by atoms with Gasteiger partial charge >= 0.3 is 5.97 Å². The van der Waals surface area contributed by atoms with Crippen molar-refractivity contribution in [3.8, 4) is 17.1 Å². The van der Waals surface area contributed by atoms with Crippen LogP contribution < -0.4 is 4.74 Å². The van der Waals surface area contributed by atoms with E-state index >= 15 is 0 Å². The summed E-state index contributed by atoms with van der Waals surface area (Å²) in [5.41, 5.74) is 1.67. The molecule has 0 saturated heterocycles. The molecule has 5 nitrogen and oxygen atoms in total. The fourth-order valence-electron chi connectivity index (χ4n) is 2.65. The minimum atomic E-state index is -0.534. The average Bonchev–Trinajstić information content (AvgIpc) is 3.29. The van der Waals surface area contributed by atoms with Gasteiger partial charge in [0, 0.05) is 22.2 Å². The molecule has 0 aliphatic carbocycles. The summed E-state index contributed by atoms with van der Waals surface area (Å²) in [6.07, 6.45) is 1.55. The van der Waals surface area contributed by atoms with Crippen molar-refractivity contribution in [1.29, 1.82) is 0 Å². The average molecular weight is 380 g/mol. The van der Waals surface area contributed by atoms with Crippen LogP contribution >= 0.6 is 11.6 Å². The van der Waals surface area contributed by atoms with Crippen molar-refractivity contribution in [3.63, 3.8) is 0 Å². The van der Waals surface area contributed by atoms with Crippen molar-refractivity contribution in [1.82, 2.24) is 0 Å². The van der Waals surface area contributed by atoms with Crippen molar-refractivity contribution in [2.24, 2.45) is 4.99 Å². The maximum Gasteiger partial charge on any atom is 0.363 e. The van der Waals surface area contributed by atoms with Gasteiger partial charge in [0.25, 0.3) is 0 Å². The summed E-state index contributed by atoms with van der Waals surface area (Å²) in [4.78, 5) is 16.4. The highest BCUT2D eigenvalue weighted by Gasteiger charge is 2.25. The van der Waals surface area contributed by atoms with Crippen molar-refractivity contribution >= 4 is 29.5 Å². The molecule has 0 bridgehead atoms. The molecule has 0 fully saturated rings. The Balaban J connectivity index is 1.62. The van der Waals surface area contributed by atoms with Gasteiger partial charge in [0.1, 0.15) is 17.3 Å². The van der Waals surface area contributed by atoms with Crippen LogP contribution in [0.15, 0.2) is 75.8 Å². The lowest BCUT2D eigenvalue weighted by atomic mass is 10.2. The molecule has 0 saturated carbocycles. The van der Waals surface area contributed by atoms with E-state index in [9.17, 15) is 4.79 Å². The number of cyclic esters (lactones) is 1. The zero-order chi connectivity index (χ0) is 18.8. The van der Waals surface area contributed by atoms with Gasteiger partial charge in [-0.05, 0) is 42.5 Å². The first kappa shape index (κ1) is 17.1. The number of rotatable bonds is 4. The molecule has 0 unspecified atom stereocenters. The van der Waals surface area contributed by atoms with Crippen LogP contribution in [-0.2, 0) is 9.53 Å². The lowest BCUT2D eigenvalue weighted by Crippen LogP contribution is -2.05. The third-order valence-corrected chi connectivity index (χ3v) is 4.19. The van der Waals surface area contributed by atoms with Crippen LogP contribution in [0.5, 0.6) is 5.75 Å². The summed E-state index contributed by atoms with van der Waals surface area (Å²) in [6.45, 7) is 0. The highest BCUT2D eigenvalue weighted by Crippen LogP contribution is 2.27. The van der Waals surface area contributed by atoms with Crippen LogP contribution in [0.2, 0.25) is 5.02 Å². The van der Waals surface area contributed by atoms with Gasteiger partial charge in [-0.2, -0.15) is 0 Å². The third-order valence-electron chi connectivity index (χ3n) is 3.95. The third kappa shape index (κ3) is 3.64. The van der Waals surface area contributed by atoms with Crippen LogP contribution in [0.4, 0.5) is 0 Å². The first-order valence-corrected chi connectivity index (χ1v) is 8.53. The molecular formula is C21H14ClNO4. The summed E-state index contributed by atoms with van der Waals surface area (Å²) >= 11 is 6.01. The monoisotopic (exact) mass is 379 g/mol. The van der Waals surface area contributed by atoms with Gasteiger partial charge in [0.05, 0.1) is 7.11 Å². The lowest BCUT2D eigenvalue weighted by molar-refractivity contribution is -0.129. The van der Waals surface area contributed by atoms with E-state index in [-0.39, 0.29) is 11.6 Å². The normalized spacial score (nSPS) is 15.0. The predicted molar refractivity (Wildman–Crippen MR) is 103 cm³/mol. The Morgan fingerprint density at radius 3 is 2.67 bits per heavy atom. The lowest BCUT2D eigenvalue weighted by Gasteiger charge is -2.02. The summed E-state index contributed by atoms with van der Waals surface area (Å²) in [5, 5.41) is 0.621. The minimum Gasteiger partial charge on any atom is -0.497 e. The van der Waals surface area contributed by atoms with Crippen molar-refractivity contribution in [2.75, 3.05) is 7.11 Å². The molecule has 0 amide bonds. The summed E-state index contributed by atoms with van der Waals surface area (Å²) in [6, 6.07) is 18.1. The van der Waals surface area contributed by atoms with E-state index in [1.807, 2.05) is 18.2 Å². The quantitative estimate of drug-likeness (QED) is 0.475. The number of methoxy groups -OCH3 is 1. The van der Waals surface area contributed by atoms with Crippen molar-refractivity contribution in [3.05, 3.63) is 82.7 Å². The van der Waals surface area contributed by atoms with E-state index in [1.165, 1.54) is 0 Å². The van der Waals surface area contributed by atoms with Crippen molar-refractivity contribution in [2.45, 2.75) is 0 Å². The molecule has 0 radical (unpaired) electrons. The van der Waals surface area contributed by atoms with Crippen LogP contribution in [0, 0.1) is 0 Å². The number of halogens is 1. The van der Waals surface area contributed by atoms with E-state index in [0.29, 0.717) is 27.9 Å². The molecule has 0 spiro atoms. The Kier molecular flexibility index (Phi) is 4.52. The number of aliphatic imine (C=N–C) groups is 1. The molecule has 4 rings (SSSR count). The number of hydrogen-bond acceptors (Lipinski definition) is 5. The number of benzene rings is 2. The second kappa shape index (κ2) is 7.13. The fraction of sp³-hybridized carbons (Fsp3) is 0.0476. The molecule has 1 aromatic heterocycles. The second-order valence-corrected chi connectivity index (χ2v) is 6.22. The fourth-order valence-corrected chi connectivity index (χ4v) is 2.84. The molecule has 2 aromatic carbocycles. The van der Waals surface area contributed by atoms with Gasteiger partial charge in [0.15, 0.2) is 5.70 Å². The van der Waals surface area contributed by atoms with Gasteiger partial charge in [-0.25, -0.2) is 9.79 Å². The molecule has 3 aromatic rings. The van der Waals surface area contributed by atoms with Gasteiger partial charge < -0.3 is 13.9 Å². The Bertz CT molecular complexity index is 1080. The largest absolute Gasteiger partial charge is 0.497 e. The van der Waals surface area contributed by atoms with Crippen molar-refractivity contribution < 1.29 is 18.7 Å². The topological polar surface area (TPSA) is 61.0 Å². The van der Waals surface area contributed by atoms with Gasteiger partial charge in [-0.3, -0.25) is 0 Å². The number of hydrogen-bond donors (Lipinski definition) is 0. The molecule has 0 N–H and O–H groups in total. The maximum atomic E-state index is 12.1. The molecular weight excluding hydrogens is 366 g/mol. The molecule has 134 valence electrons. The zero-order valence-corrected chi connectivity index (χ0v) is 15.1. The van der Waals surface area contributed by atoms with E-state index in [4.69, 9.17) is 25.5 Å². The smallest absolute Gasteiger partial charge is 0.363 e. The van der Waals surface area contributed by atoms with Gasteiger partial charge in [-0.15, -0.1) is 0 Å². The van der Waals surface area contributed by atoms with Gasteiger partial charge in [0.2, 0.25) is 5.90 Å². The standard InChI is InChI=1S/C21H14ClNO4/c1-25-16-7-3-5-14(11-16)20-23-18(21(24)27-20)12-17-8-9-19(26-17)13-4-2-6-15(22)10-13/h2-12H,1H3/b18-12+. The molecule has 1 aliphatic heterocycles. The molecule has 0 atom stereocenters. The predicted octanol–water partition coefficient (Wildman–Crippen LogP) is 4.95.